The van der Waals surface area contributed by atoms with Crippen LogP contribution in [0.4, 0.5) is 0 Å². The SMILES string of the molecule is N#Cc1c(I)c(C(=O)O)c(I)c(C(=O)O)c1I.NC(=O)C(O)CO.NC(=O)C(O)CO. The Balaban J connectivity index is 0. The van der Waals surface area contributed by atoms with Crippen LogP contribution in [-0.2, 0) is 9.59 Å². The molecule has 31 heavy (non-hydrogen) atoms. The number of hydrogen-bond donors (Lipinski definition) is 8. The van der Waals surface area contributed by atoms with Crippen LogP contribution in [0.1, 0.15) is 26.3 Å². The number of nitrogens with zero attached hydrogens (tertiary/aromatic N) is 1. The fraction of sp³-hybridized carbons (Fsp3) is 0.267. The van der Waals surface area contributed by atoms with Gasteiger partial charge in [0.2, 0.25) is 11.8 Å². The summed E-state index contributed by atoms with van der Waals surface area (Å²) in [7, 11) is 0. The summed E-state index contributed by atoms with van der Waals surface area (Å²) in [6.45, 7) is -1.20. The van der Waals surface area contributed by atoms with E-state index in [0.717, 1.165) is 0 Å². The highest BCUT2D eigenvalue weighted by Crippen LogP contribution is 2.31. The number of aliphatic hydroxyl groups excluding tert-OH is 4. The standard InChI is InChI=1S/C9H2I3NO4.2C3H7NO3/c10-5-2(1-13)6(11)4(9(16)17)7(12)3(5)8(14)15;2*4-3(7)2(6)1-5/h(H,14,15)(H,16,17);2*2,5-6H,1H2,(H2,4,7). The molecule has 2 amide bonds. The highest BCUT2D eigenvalue weighted by Gasteiger charge is 2.27. The smallest absolute Gasteiger partial charge is 0.337 e. The highest BCUT2D eigenvalue weighted by molar-refractivity contribution is 14.1. The molecule has 0 aliphatic carbocycles. The number of rotatable bonds is 6. The first-order valence-corrected chi connectivity index (χ1v) is 10.7. The summed E-state index contributed by atoms with van der Waals surface area (Å²) in [5, 5.41) is 59.4. The van der Waals surface area contributed by atoms with Crippen LogP contribution in [-0.4, -0.2) is 79.8 Å². The van der Waals surface area contributed by atoms with Crippen LogP contribution < -0.4 is 11.5 Å². The molecule has 16 heteroatoms. The van der Waals surface area contributed by atoms with Gasteiger partial charge in [-0.2, -0.15) is 5.26 Å². The molecular formula is C15H16I3N3O10. The van der Waals surface area contributed by atoms with Gasteiger partial charge in [-0.15, -0.1) is 0 Å². The molecule has 2 atom stereocenters. The van der Waals surface area contributed by atoms with E-state index in [-0.39, 0.29) is 27.4 Å². The van der Waals surface area contributed by atoms with Crippen molar-refractivity contribution < 1.29 is 49.8 Å². The lowest BCUT2D eigenvalue weighted by molar-refractivity contribution is -0.128. The van der Waals surface area contributed by atoms with Crippen molar-refractivity contribution in [3.05, 3.63) is 27.4 Å². The molecule has 0 radical (unpaired) electrons. The third-order valence-corrected chi connectivity index (χ3v) is 6.10. The first kappa shape index (κ1) is 31.8. The summed E-state index contributed by atoms with van der Waals surface area (Å²) in [6, 6.07) is 1.84. The first-order valence-electron chi connectivity index (χ1n) is 7.42. The molecule has 1 aromatic carbocycles. The Morgan fingerprint density at radius 2 is 1.10 bits per heavy atom. The van der Waals surface area contributed by atoms with E-state index in [9.17, 15) is 19.2 Å². The van der Waals surface area contributed by atoms with Crippen molar-refractivity contribution in [2.45, 2.75) is 12.2 Å². The van der Waals surface area contributed by atoms with E-state index in [1.54, 1.807) is 67.8 Å². The summed E-state index contributed by atoms with van der Waals surface area (Å²) in [5.74, 6) is -4.28. The maximum atomic E-state index is 11.1. The molecule has 0 saturated carbocycles. The molecule has 0 saturated heterocycles. The molecule has 1 rings (SSSR count). The number of aromatic carboxylic acids is 2. The molecule has 10 N–H and O–H groups in total. The average molecular weight is 779 g/mol. The Kier molecular flexibility index (Phi) is 15.8. The van der Waals surface area contributed by atoms with Gasteiger partial charge in [0.25, 0.3) is 0 Å². The normalized spacial score (nSPS) is 11.4. The van der Waals surface area contributed by atoms with Crippen LogP contribution in [0.3, 0.4) is 0 Å². The van der Waals surface area contributed by atoms with Crippen LogP contribution in [0.2, 0.25) is 0 Å². The van der Waals surface area contributed by atoms with Gasteiger partial charge in [-0.25, -0.2) is 9.59 Å². The van der Waals surface area contributed by atoms with Gasteiger partial charge in [-0.05, 0) is 67.8 Å². The molecular weight excluding hydrogens is 763 g/mol. The Morgan fingerprint density at radius 3 is 1.23 bits per heavy atom. The molecule has 13 nitrogen and oxygen atoms in total. The molecule has 0 spiro atoms. The summed E-state index contributed by atoms with van der Waals surface area (Å²) in [5.41, 5.74) is 8.80. The van der Waals surface area contributed by atoms with Gasteiger partial charge in [-0.1, -0.05) is 0 Å². The quantitative estimate of drug-likeness (QED) is 0.153. The molecule has 0 aliphatic heterocycles. The molecule has 172 valence electrons. The van der Waals surface area contributed by atoms with Gasteiger partial charge in [-0.3, -0.25) is 9.59 Å². The zero-order chi connectivity index (χ0) is 25.0. The zero-order valence-corrected chi connectivity index (χ0v) is 21.6. The number of carbonyl (C=O) groups excluding carboxylic acids is 2. The topological polar surface area (TPSA) is 265 Å². The molecule has 1 aromatic rings. The largest absolute Gasteiger partial charge is 0.478 e. The molecule has 0 heterocycles. The number of benzene rings is 1. The van der Waals surface area contributed by atoms with Gasteiger partial charge >= 0.3 is 11.9 Å². The monoisotopic (exact) mass is 779 g/mol. The summed E-state index contributed by atoms with van der Waals surface area (Å²) in [4.78, 5) is 41.7. The van der Waals surface area contributed by atoms with Crippen molar-refractivity contribution in [1.29, 1.82) is 5.26 Å². The minimum absolute atomic E-state index is 0.0846. The lowest BCUT2D eigenvalue weighted by atomic mass is 10.1. The number of nitriles is 1. The number of carboxylic acids is 2. The second-order valence-electron chi connectivity index (χ2n) is 4.99. The van der Waals surface area contributed by atoms with Crippen LogP contribution >= 0.6 is 67.8 Å². The number of hydrogen-bond acceptors (Lipinski definition) is 9. The Morgan fingerprint density at radius 1 is 0.806 bits per heavy atom. The average Bonchev–Trinajstić information content (AvgIpc) is 2.66. The number of primary amides is 2. The van der Waals surface area contributed by atoms with Gasteiger partial charge in [0.05, 0.1) is 29.9 Å². The summed E-state index contributed by atoms with van der Waals surface area (Å²) < 4.78 is 0.656. The first-order chi connectivity index (χ1) is 14.2. The summed E-state index contributed by atoms with van der Waals surface area (Å²) in [6.07, 6.45) is -2.81. The predicted octanol–water partition coefficient (Wildman–Crippen LogP) is -1.58. The van der Waals surface area contributed by atoms with Gasteiger partial charge < -0.3 is 42.1 Å². The van der Waals surface area contributed by atoms with Crippen molar-refractivity contribution in [3.63, 3.8) is 0 Å². The highest BCUT2D eigenvalue weighted by atomic mass is 127. The molecule has 0 bridgehead atoms. The van der Waals surface area contributed by atoms with E-state index < -0.39 is 49.2 Å². The van der Waals surface area contributed by atoms with Crippen molar-refractivity contribution in [1.82, 2.24) is 0 Å². The minimum atomic E-state index is -1.40. The fourth-order valence-electron chi connectivity index (χ4n) is 1.32. The van der Waals surface area contributed by atoms with E-state index in [2.05, 4.69) is 11.5 Å². The zero-order valence-electron chi connectivity index (χ0n) is 15.1. The Bertz CT molecular complexity index is 827. The second kappa shape index (κ2) is 15.4. The Labute approximate surface area is 215 Å². The van der Waals surface area contributed by atoms with Gasteiger partial charge in [0.1, 0.15) is 6.07 Å². The van der Waals surface area contributed by atoms with Crippen molar-refractivity contribution >= 4 is 91.5 Å². The van der Waals surface area contributed by atoms with Crippen molar-refractivity contribution in [3.8, 4) is 6.07 Å². The summed E-state index contributed by atoms with van der Waals surface area (Å²) >= 11 is 5.16. The third-order valence-electron chi connectivity index (χ3n) is 2.86. The molecule has 0 aromatic heterocycles. The minimum Gasteiger partial charge on any atom is -0.478 e. The van der Waals surface area contributed by atoms with Crippen LogP contribution in [0.25, 0.3) is 0 Å². The molecule has 0 fully saturated rings. The number of amides is 2. The van der Waals surface area contributed by atoms with E-state index >= 15 is 0 Å². The Hall–Kier alpha value is -1.38. The number of aliphatic hydroxyl groups is 4. The van der Waals surface area contributed by atoms with E-state index in [1.807, 2.05) is 6.07 Å². The maximum absolute atomic E-state index is 11.1. The molecule has 0 aliphatic rings. The lowest BCUT2D eigenvalue weighted by Crippen LogP contribution is -2.30. The second-order valence-corrected chi connectivity index (χ2v) is 8.23. The number of nitrogens with two attached hydrogens (primary N) is 2. The van der Waals surface area contributed by atoms with Crippen molar-refractivity contribution in [2.75, 3.05) is 13.2 Å². The van der Waals surface area contributed by atoms with Gasteiger partial charge in [0, 0.05) is 10.7 Å². The van der Waals surface area contributed by atoms with Gasteiger partial charge in [0.15, 0.2) is 12.2 Å². The number of carboxylic acid groups (broad SMARTS) is 2. The van der Waals surface area contributed by atoms with E-state index in [4.69, 9.17) is 35.9 Å². The van der Waals surface area contributed by atoms with E-state index in [0.29, 0.717) is 0 Å². The van der Waals surface area contributed by atoms with Crippen LogP contribution in [0.15, 0.2) is 0 Å². The third kappa shape index (κ3) is 10.2. The predicted molar refractivity (Wildman–Crippen MR) is 128 cm³/mol. The van der Waals surface area contributed by atoms with Crippen LogP contribution in [0, 0.1) is 22.0 Å². The fourth-order valence-corrected chi connectivity index (χ4v) is 5.65. The van der Waals surface area contributed by atoms with Crippen molar-refractivity contribution in [2.24, 2.45) is 11.5 Å². The molecule has 2 unspecified atom stereocenters. The number of halogens is 3. The number of carbonyl (C=O) groups is 4. The van der Waals surface area contributed by atoms with E-state index in [1.165, 1.54) is 0 Å². The van der Waals surface area contributed by atoms with Crippen LogP contribution in [0.5, 0.6) is 0 Å². The lowest BCUT2D eigenvalue weighted by Gasteiger charge is -2.11. The maximum Gasteiger partial charge on any atom is 0.337 e.